The Morgan fingerprint density at radius 1 is 1.24 bits per heavy atom. The Balaban J connectivity index is 3.26. The molecule has 0 saturated heterocycles. The fourth-order valence-electron chi connectivity index (χ4n) is 2.36. The maximum Gasteiger partial charge on any atom is 0.335 e. The minimum Gasteiger partial charge on any atom is -0.478 e. The maximum atomic E-state index is 12.7. The van der Waals surface area contributed by atoms with E-state index in [2.05, 4.69) is 0 Å². The summed E-state index contributed by atoms with van der Waals surface area (Å²) >= 11 is 0. The normalized spacial score (nSPS) is 12.4. The zero-order valence-electron chi connectivity index (χ0n) is 14.1. The lowest BCUT2D eigenvalue weighted by Gasteiger charge is -2.28. The largest absolute Gasteiger partial charge is 0.478 e. The number of carbonyl (C=O) groups excluding carboxylic acids is 1. The van der Waals surface area contributed by atoms with Crippen molar-refractivity contribution in [1.82, 2.24) is 4.90 Å². The van der Waals surface area contributed by atoms with Gasteiger partial charge in [-0.25, -0.2) is 13.2 Å². The van der Waals surface area contributed by atoms with Crippen molar-refractivity contribution < 1.29 is 28.0 Å². The average molecular weight is 372 g/mol. The van der Waals surface area contributed by atoms with E-state index in [4.69, 9.17) is 5.11 Å². The van der Waals surface area contributed by atoms with Gasteiger partial charge in [-0.15, -0.1) is 0 Å². The lowest BCUT2D eigenvalue weighted by atomic mass is 10.1. The van der Waals surface area contributed by atoms with Gasteiger partial charge in [0.25, 0.3) is 11.6 Å². The SMILES string of the molecule is CCN(C(=O)c1cc(C(=O)O)cc([N+](=O)[O-])c1)C(C)CS(=O)(=O)CC. The molecule has 0 fully saturated rings. The van der Waals surface area contributed by atoms with Crippen LogP contribution < -0.4 is 0 Å². The Morgan fingerprint density at radius 2 is 1.80 bits per heavy atom. The number of sulfone groups is 1. The van der Waals surface area contributed by atoms with Gasteiger partial charge in [0.1, 0.15) is 0 Å². The van der Waals surface area contributed by atoms with E-state index < -0.39 is 38.4 Å². The van der Waals surface area contributed by atoms with E-state index >= 15 is 0 Å². The van der Waals surface area contributed by atoms with E-state index in [1.54, 1.807) is 13.8 Å². The number of carboxylic acid groups (broad SMARTS) is 1. The predicted molar refractivity (Wildman–Crippen MR) is 90.6 cm³/mol. The molecule has 0 aliphatic rings. The quantitative estimate of drug-likeness (QED) is 0.540. The first-order valence-electron chi connectivity index (χ1n) is 7.56. The van der Waals surface area contributed by atoms with Crippen LogP contribution in [0.1, 0.15) is 41.5 Å². The molecule has 138 valence electrons. The first kappa shape index (κ1) is 20.6. The summed E-state index contributed by atoms with van der Waals surface area (Å²) in [5, 5.41) is 20.0. The molecule has 1 rings (SSSR count). The third kappa shape index (κ3) is 5.24. The molecule has 0 aliphatic heterocycles. The Bertz CT molecular complexity index is 757. The maximum absolute atomic E-state index is 12.7. The van der Waals surface area contributed by atoms with E-state index in [1.165, 1.54) is 11.8 Å². The second-order valence-electron chi connectivity index (χ2n) is 5.47. The third-order valence-corrected chi connectivity index (χ3v) is 5.56. The Kier molecular flexibility index (Phi) is 6.63. The molecule has 25 heavy (non-hydrogen) atoms. The number of nitro groups is 1. The molecule has 0 heterocycles. The van der Waals surface area contributed by atoms with Gasteiger partial charge in [0.2, 0.25) is 0 Å². The first-order valence-corrected chi connectivity index (χ1v) is 9.38. The van der Waals surface area contributed by atoms with Crippen molar-refractivity contribution in [3.05, 3.63) is 39.4 Å². The molecule has 1 amide bonds. The molecule has 0 spiro atoms. The van der Waals surface area contributed by atoms with Gasteiger partial charge >= 0.3 is 5.97 Å². The molecule has 0 radical (unpaired) electrons. The molecule has 1 aromatic carbocycles. The van der Waals surface area contributed by atoms with Crippen LogP contribution in [0.4, 0.5) is 5.69 Å². The fraction of sp³-hybridized carbons (Fsp3) is 0.467. The van der Waals surface area contributed by atoms with Crippen molar-refractivity contribution in [2.24, 2.45) is 0 Å². The number of rotatable bonds is 8. The van der Waals surface area contributed by atoms with E-state index in [9.17, 15) is 28.1 Å². The zero-order chi connectivity index (χ0) is 19.4. The molecule has 9 nitrogen and oxygen atoms in total. The smallest absolute Gasteiger partial charge is 0.335 e. The lowest BCUT2D eigenvalue weighted by molar-refractivity contribution is -0.384. The van der Waals surface area contributed by atoms with Crippen molar-refractivity contribution in [3.8, 4) is 0 Å². The molecule has 1 atom stereocenters. The number of hydrogen-bond acceptors (Lipinski definition) is 6. The van der Waals surface area contributed by atoms with Crippen LogP contribution in [0.5, 0.6) is 0 Å². The van der Waals surface area contributed by atoms with E-state index in [1.807, 2.05) is 0 Å². The van der Waals surface area contributed by atoms with Gasteiger partial charge in [-0.1, -0.05) is 6.92 Å². The lowest BCUT2D eigenvalue weighted by Crippen LogP contribution is -2.42. The minimum atomic E-state index is -3.33. The van der Waals surface area contributed by atoms with E-state index in [-0.39, 0.29) is 29.2 Å². The minimum absolute atomic E-state index is 0.0664. The van der Waals surface area contributed by atoms with Crippen LogP contribution in [0.25, 0.3) is 0 Å². The van der Waals surface area contributed by atoms with Gasteiger partial charge in [-0.2, -0.15) is 0 Å². The highest BCUT2D eigenvalue weighted by atomic mass is 32.2. The van der Waals surface area contributed by atoms with Crippen molar-refractivity contribution in [3.63, 3.8) is 0 Å². The zero-order valence-corrected chi connectivity index (χ0v) is 14.9. The molecule has 1 N–H and O–H groups in total. The number of carbonyl (C=O) groups is 2. The van der Waals surface area contributed by atoms with Gasteiger partial charge in [0.15, 0.2) is 9.84 Å². The van der Waals surface area contributed by atoms with Crippen LogP contribution in [-0.4, -0.2) is 59.3 Å². The van der Waals surface area contributed by atoms with Gasteiger partial charge in [-0.05, 0) is 19.9 Å². The molecule has 1 unspecified atom stereocenters. The van der Waals surface area contributed by atoms with Crippen LogP contribution in [0, 0.1) is 10.1 Å². The molecule has 1 aromatic rings. The second-order valence-corrected chi connectivity index (χ2v) is 7.87. The molecule has 0 aromatic heterocycles. The highest BCUT2D eigenvalue weighted by Gasteiger charge is 2.26. The Morgan fingerprint density at radius 3 is 2.24 bits per heavy atom. The molecule has 0 aliphatic carbocycles. The average Bonchev–Trinajstić information content (AvgIpc) is 2.54. The predicted octanol–water partition coefficient (Wildman–Crippen LogP) is 1.58. The number of non-ortho nitro benzene ring substituents is 1. The number of nitro benzene ring substituents is 1. The van der Waals surface area contributed by atoms with Gasteiger partial charge in [-0.3, -0.25) is 14.9 Å². The standard InChI is InChI=1S/C15H20N2O7S/c1-4-16(10(3)9-25(23,24)5-2)14(18)11-6-12(15(19)20)8-13(7-11)17(21)22/h6-8,10H,4-5,9H2,1-3H3,(H,19,20). The summed E-state index contributed by atoms with van der Waals surface area (Å²) in [5.41, 5.74) is -1.08. The summed E-state index contributed by atoms with van der Waals surface area (Å²) in [6.07, 6.45) is 0. The van der Waals surface area contributed by atoms with Gasteiger partial charge in [0.05, 0.1) is 16.2 Å². The van der Waals surface area contributed by atoms with Crippen LogP contribution in [0.2, 0.25) is 0 Å². The van der Waals surface area contributed by atoms with E-state index in [0.29, 0.717) is 0 Å². The molecular formula is C15H20N2O7S. The molecule has 0 bridgehead atoms. The van der Waals surface area contributed by atoms with Crippen molar-refractivity contribution in [2.75, 3.05) is 18.1 Å². The highest BCUT2D eigenvalue weighted by molar-refractivity contribution is 7.91. The van der Waals surface area contributed by atoms with Crippen LogP contribution in [0.15, 0.2) is 18.2 Å². The summed E-state index contributed by atoms with van der Waals surface area (Å²) in [5.74, 6) is -2.37. The molecule has 0 saturated carbocycles. The van der Waals surface area contributed by atoms with Crippen molar-refractivity contribution in [1.29, 1.82) is 0 Å². The highest BCUT2D eigenvalue weighted by Crippen LogP contribution is 2.20. The number of nitrogens with zero attached hydrogens (tertiary/aromatic N) is 2. The Labute approximate surface area is 145 Å². The number of carboxylic acids is 1. The fourth-order valence-corrected chi connectivity index (χ4v) is 3.51. The topological polar surface area (TPSA) is 135 Å². The van der Waals surface area contributed by atoms with Gasteiger partial charge < -0.3 is 10.0 Å². The third-order valence-electron chi connectivity index (χ3n) is 3.69. The first-order chi connectivity index (χ1) is 11.5. The van der Waals surface area contributed by atoms with Crippen LogP contribution >= 0.6 is 0 Å². The number of amides is 1. The monoisotopic (exact) mass is 372 g/mol. The van der Waals surface area contributed by atoms with Crippen LogP contribution in [-0.2, 0) is 9.84 Å². The summed E-state index contributed by atoms with van der Waals surface area (Å²) in [6, 6.07) is 2.23. The number of hydrogen-bond donors (Lipinski definition) is 1. The van der Waals surface area contributed by atoms with Gasteiger partial charge in [0, 0.05) is 36.0 Å². The Hall–Kier alpha value is -2.49. The molecule has 10 heteroatoms. The second kappa shape index (κ2) is 8.06. The summed E-state index contributed by atoms with van der Waals surface area (Å²) in [7, 11) is -3.33. The summed E-state index contributed by atoms with van der Waals surface area (Å²) in [6.45, 7) is 4.87. The number of aromatic carboxylic acids is 1. The summed E-state index contributed by atoms with van der Waals surface area (Å²) < 4.78 is 23.5. The van der Waals surface area contributed by atoms with Crippen molar-refractivity contribution >= 4 is 27.4 Å². The van der Waals surface area contributed by atoms with Crippen LogP contribution in [0.3, 0.4) is 0 Å². The summed E-state index contributed by atoms with van der Waals surface area (Å²) in [4.78, 5) is 35.2. The van der Waals surface area contributed by atoms with Crippen molar-refractivity contribution in [2.45, 2.75) is 26.8 Å². The number of benzene rings is 1. The van der Waals surface area contributed by atoms with E-state index in [0.717, 1.165) is 18.2 Å². The molecular weight excluding hydrogens is 352 g/mol.